The van der Waals surface area contributed by atoms with Crippen LogP contribution in [0.15, 0.2) is 24.3 Å². The number of hydrogen-bond acceptors (Lipinski definition) is 6. The molecule has 0 saturated carbocycles. The second kappa shape index (κ2) is 8.83. The molecule has 1 aromatic rings. The summed E-state index contributed by atoms with van der Waals surface area (Å²) in [5.74, 6) is -0.735. The lowest BCUT2D eigenvalue weighted by atomic mass is 9.96. The number of likely N-dealkylation sites (tertiary alicyclic amines) is 1. The van der Waals surface area contributed by atoms with Crippen LogP contribution in [0, 0.1) is 16.0 Å². The smallest absolute Gasteiger partial charge is 0.309 e. The third-order valence-corrected chi connectivity index (χ3v) is 5.29. The van der Waals surface area contributed by atoms with Crippen molar-refractivity contribution in [2.45, 2.75) is 32.1 Å². The van der Waals surface area contributed by atoms with Gasteiger partial charge in [0.1, 0.15) is 5.69 Å². The van der Waals surface area contributed by atoms with E-state index in [0.29, 0.717) is 31.6 Å². The number of ether oxygens (including phenoxy) is 1. The topological polar surface area (TPSA) is 93.0 Å². The third kappa shape index (κ3) is 4.75. The molecular formula is C19H25N3O5. The van der Waals surface area contributed by atoms with Gasteiger partial charge in [0.15, 0.2) is 6.61 Å². The second-order valence-corrected chi connectivity index (χ2v) is 7.06. The van der Waals surface area contributed by atoms with Gasteiger partial charge in [-0.15, -0.1) is 0 Å². The largest absolute Gasteiger partial charge is 0.455 e. The summed E-state index contributed by atoms with van der Waals surface area (Å²) >= 11 is 0. The normalized spacial score (nSPS) is 18.2. The maximum Gasteiger partial charge on any atom is 0.309 e. The van der Waals surface area contributed by atoms with Gasteiger partial charge < -0.3 is 14.5 Å². The first kappa shape index (κ1) is 19.1. The van der Waals surface area contributed by atoms with Crippen molar-refractivity contribution < 1.29 is 19.2 Å². The van der Waals surface area contributed by atoms with Gasteiger partial charge >= 0.3 is 5.97 Å². The molecule has 0 unspecified atom stereocenters. The highest BCUT2D eigenvalue weighted by molar-refractivity contribution is 5.81. The average molecular weight is 375 g/mol. The minimum Gasteiger partial charge on any atom is -0.455 e. The van der Waals surface area contributed by atoms with Crippen LogP contribution in [-0.4, -0.2) is 54.5 Å². The van der Waals surface area contributed by atoms with Crippen LogP contribution < -0.4 is 4.90 Å². The van der Waals surface area contributed by atoms with Gasteiger partial charge in [0.25, 0.3) is 11.6 Å². The van der Waals surface area contributed by atoms with Crippen molar-refractivity contribution in [3.8, 4) is 0 Å². The van der Waals surface area contributed by atoms with Crippen LogP contribution in [0.2, 0.25) is 0 Å². The van der Waals surface area contributed by atoms with E-state index in [2.05, 4.69) is 0 Å². The van der Waals surface area contributed by atoms with Crippen LogP contribution in [0.5, 0.6) is 0 Å². The molecule has 0 radical (unpaired) electrons. The molecule has 2 fully saturated rings. The van der Waals surface area contributed by atoms with E-state index in [1.165, 1.54) is 6.07 Å². The molecule has 2 saturated heterocycles. The van der Waals surface area contributed by atoms with Gasteiger partial charge in [-0.25, -0.2) is 0 Å². The first-order chi connectivity index (χ1) is 13.1. The standard InChI is InChI=1S/C19H25N3O5/c23-18(21-10-4-1-5-11-21)14-27-19(24)15-8-12-20(13-9-15)16-6-2-3-7-17(16)22(25)26/h2-3,6-7,15H,1,4-5,8-14H2. The Morgan fingerprint density at radius 3 is 2.41 bits per heavy atom. The van der Waals surface area contributed by atoms with E-state index >= 15 is 0 Å². The van der Waals surface area contributed by atoms with E-state index in [9.17, 15) is 19.7 Å². The number of piperidine rings is 2. The molecular weight excluding hydrogens is 350 g/mol. The Balaban J connectivity index is 1.48. The number of nitrogens with zero attached hydrogens (tertiary/aromatic N) is 3. The number of nitro groups is 1. The fourth-order valence-electron chi connectivity index (χ4n) is 3.73. The molecule has 3 rings (SSSR count). The van der Waals surface area contributed by atoms with E-state index in [1.807, 2.05) is 4.90 Å². The van der Waals surface area contributed by atoms with Gasteiger partial charge in [0, 0.05) is 32.2 Å². The number of para-hydroxylation sites is 2. The maximum absolute atomic E-state index is 12.3. The summed E-state index contributed by atoms with van der Waals surface area (Å²) in [5, 5.41) is 11.2. The van der Waals surface area contributed by atoms with E-state index in [-0.39, 0.29) is 35.0 Å². The van der Waals surface area contributed by atoms with Crippen LogP contribution in [0.1, 0.15) is 32.1 Å². The quantitative estimate of drug-likeness (QED) is 0.446. The summed E-state index contributed by atoms with van der Waals surface area (Å²) in [7, 11) is 0. The van der Waals surface area contributed by atoms with Crippen molar-refractivity contribution >= 4 is 23.3 Å². The number of benzene rings is 1. The summed E-state index contributed by atoms with van der Waals surface area (Å²) in [5.41, 5.74) is 0.653. The molecule has 0 aromatic heterocycles. The molecule has 1 amide bonds. The van der Waals surface area contributed by atoms with Crippen molar-refractivity contribution in [3.63, 3.8) is 0 Å². The molecule has 146 valence electrons. The van der Waals surface area contributed by atoms with Crippen molar-refractivity contribution in [1.29, 1.82) is 0 Å². The third-order valence-electron chi connectivity index (χ3n) is 5.29. The number of anilines is 1. The van der Waals surface area contributed by atoms with Crippen molar-refractivity contribution in [2.24, 2.45) is 5.92 Å². The lowest BCUT2D eigenvalue weighted by Crippen LogP contribution is -2.40. The number of amides is 1. The molecule has 0 atom stereocenters. The molecule has 2 heterocycles. The Morgan fingerprint density at radius 1 is 1.07 bits per heavy atom. The highest BCUT2D eigenvalue weighted by atomic mass is 16.6. The predicted molar refractivity (Wildman–Crippen MR) is 99.4 cm³/mol. The highest BCUT2D eigenvalue weighted by Crippen LogP contribution is 2.31. The van der Waals surface area contributed by atoms with E-state index in [0.717, 1.165) is 32.4 Å². The van der Waals surface area contributed by atoms with E-state index < -0.39 is 0 Å². The second-order valence-electron chi connectivity index (χ2n) is 7.06. The summed E-state index contributed by atoms with van der Waals surface area (Å²) in [6.07, 6.45) is 4.26. The van der Waals surface area contributed by atoms with Gasteiger partial charge in [-0.05, 0) is 38.2 Å². The minimum absolute atomic E-state index is 0.0747. The Hall–Kier alpha value is -2.64. The van der Waals surface area contributed by atoms with Crippen LogP contribution in [0.3, 0.4) is 0 Å². The lowest BCUT2D eigenvalue weighted by Gasteiger charge is -2.32. The minimum atomic E-state index is -0.387. The molecule has 2 aliphatic rings. The first-order valence-corrected chi connectivity index (χ1v) is 9.49. The average Bonchev–Trinajstić information content (AvgIpc) is 2.72. The predicted octanol–water partition coefficient (Wildman–Crippen LogP) is 2.37. The molecule has 0 spiro atoms. The van der Waals surface area contributed by atoms with E-state index in [4.69, 9.17) is 4.74 Å². The van der Waals surface area contributed by atoms with E-state index in [1.54, 1.807) is 23.1 Å². The number of esters is 1. The highest BCUT2D eigenvalue weighted by Gasteiger charge is 2.29. The van der Waals surface area contributed by atoms with Crippen molar-refractivity contribution in [1.82, 2.24) is 4.90 Å². The Morgan fingerprint density at radius 2 is 1.74 bits per heavy atom. The van der Waals surface area contributed by atoms with Crippen LogP contribution in [0.25, 0.3) is 0 Å². The summed E-state index contributed by atoms with van der Waals surface area (Å²) in [4.78, 5) is 38.9. The maximum atomic E-state index is 12.3. The summed E-state index contributed by atoms with van der Waals surface area (Å²) in [6, 6.07) is 6.63. The van der Waals surface area contributed by atoms with Crippen LogP contribution in [0.4, 0.5) is 11.4 Å². The van der Waals surface area contributed by atoms with Crippen molar-refractivity contribution in [3.05, 3.63) is 34.4 Å². The van der Waals surface area contributed by atoms with Gasteiger partial charge in [-0.2, -0.15) is 0 Å². The van der Waals surface area contributed by atoms with Gasteiger partial charge in [0.05, 0.1) is 10.8 Å². The molecule has 0 bridgehead atoms. The summed E-state index contributed by atoms with van der Waals surface area (Å²) < 4.78 is 5.24. The van der Waals surface area contributed by atoms with Gasteiger partial charge in [0.2, 0.25) is 0 Å². The fourth-order valence-corrected chi connectivity index (χ4v) is 3.73. The molecule has 0 N–H and O–H groups in total. The number of carbonyl (C=O) groups excluding carboxylic acids is 2. The molecule has 1 aromatic carbocycles. The monoisotopic (exact) mass is 375 g/mol. The fraction of sp³-hybridized carbons (Fsp3) is 0.579. The Kier molecular flexibility index (Phi) is 6.26. The zero-order chi connectivity index (χ0) is 19.2. The lowest BCUT2D eigenvalue weighted by molar-refractivity contribution is -0.384. The molecule has 0 aliphatic carbocycles. The van der Waals surface area contributed by atoms with Crippen LogP contribution >= 0.6 is 0 Å². The number of carbonyl (C=O) groups is 2. The molecule has 8 heteroatoms. The van der Waals surface area contributed by atoms with Gasteiger partial charge in [-0.3, -0.25) is 19.7 Å². The SMILES string of the molecule is O=C(OCC(=O)N1CCCCC1)C1CCN(c2ccccc2[N+](=O)[O-])CC1. The Labute approximate surface area is 158 Å². The molecule has 8 nitrogen and oxygen atoms in total. The number of rotatable bonds is 5. The zero-order valence-corrected chi connectivity index (χ0v) is 15.3. The Bertz CT molecular complexity index is 694. The number of hydrogen-bond donors (Lipinski definition) is 0. The zero-order valence-electron chi connectivity index (χ0n) is 15.3. The molecule has 2 aliphatic heterocycles. The summed E-state index contributed by atoms with van der Waals surface area (Å²) in [6.45, 7) is 2.38. The molecule has 27 heavy (non-hydrogen) atoms. The van der Waals surface area contributed by atoms with Crippen LogP contribution in [-0.2, 0) is 14.3 Å². The van der Waals surface area contributed by atoms with Gasteiger partial charge in [-0.1, -0.05) is 12.1 Å². The van der Waals surface area contributed by atoms with Crippen molar-refractivity contribution in [2.75, 3.05) is 37.7 Å². The first-order valence-electron chi connectivity index (χ1n) is 9.49. The number of nitro benzene ring substituents is 1.